The van der Waals surface area contributed by atoms with E-state index in [1.807, 2.05) is 19.1 Å². The monoisotopic (exact) mass is 245 g/mol. The van der Waals surface area contributed by atoms with Crippen LogP contribution >= 0.6 is 0 Å². The number of anilines is 1. The summed E-state index contributed by atoms with van der Waals surface area (Å²) in [6, 6.07) is 8.77. The molecule has 5 heteroatoms. The summed E-state index contributed by atoms with van der Waals surface area (Å²) >= 11 is 0. The van der Waals surface area contributed by atoms with E-state index < -0.39 is 0 Å². The number of hydrogen-bond acceptors (Lipinski definition) is 5. The summed E-state index contributed by atoms with van der Waals surface area (Å²) in [5.41, 5.74) is 1.06. The molecule has 0 radical (unpaired) electrons. The van der Waals surface area contributed by atoms with E-state index in [1.54, 1.807) is 18.2 Å². The molecule has 0 aliphatic heterocycles. The predicted octanol–water partition coefficient (Wildman–Crippen LogP) is 2.19. The van der Waals surface area contributed by atoms with Gasteiger partial charge in [-0.15, -0.1) is 0 Å². The highest BCUT2D eigenvalue weighted by molar-refractivity contribution is 5.38. The maximum absolute atomic E-state index is 9.18. The van der Waals surface area contributed by atoms with E-state index in [0.29, 0.717) is 24.8 Å². The topological polar surface area (TPSA) is 67.3 Å². The zero-order valence-electron chi connectivity index (χ0n) is 10.1. The standard InChI is InChI=1S/C13H15N3O2/c1-2-18-13-7-12(15-9-16-13)14-8-10-3-5-11(17)6-4-10/h3-7,9,17H,2,8H2,1H3,(H,14,15,16). The Morgan fingerprint density at radius 2 is 2.00 bits per heavy atom. The SMILES string of the molecule is CCOc1cc(NCc2ccc(O)cc2)ncn1. The van der Waals surface area contributed by atoms with Gasteiger partial charge in [0.25, 0.3) is 0 Å². The second-order valence-corrected chi connectivity index (χ2v) is 3.69. The van der Waals surface area contributed by atoms with E-state index in [9.17, 15) is 5.11 Å². The molecule has 0 unspecified atom stereocenters. The van der Waals surface area contributed by atoms with Gasteiger partial charge >= 0.3 is 0 Å². The summed E-state index contributed by atoms with van der Waals surface area (Å²) in [5, 5.41) is 12.3. The second kappa shape index (κ2) is 5.86. The van der Waals surface area contributed by atoms with Crippen molar-refractivity contribution < 1.29 is 9.84 Å². The van der Waals surface area contributed by atoms with Crippen molar-refractivity contribution in [3.63, 3.8) is 0 Å². The van der Waals surface area contributed by atoms with Crippen LogP contribution in [-0.4, -0.2) is 21.7 Å². The molecule has 1 heterocycles. The Morgan fingerprint density at radius 1 is 1.22 bits per heavy atom. The van der Waals surface area contributed by atoms with Gasteiger partial charge in [0.05, 0.1) is 6.61 Å². The molecule has 5 nitrogen and oxygen atoms in total. The molecular weight excluding hydrogens is 230 g/mol. The molecule has 1 aromatic heterocycles. The average molecular weight is 245 g/mol. The molecule has 94 valence electrons. The van der Waals surface area contributed by atoms with Crippen molar-refractivity contribution in [2.75, 3.05) is 11.9 Å². The van der Waals surface area contributed by atoms with Crippen molar-refractivity contribution in [1.82, 2.24) is 9.97 Å². The van der Waals surface area contributed by atoms with Crippen molar-refractivity contribution >= 4 is 5.82 Å². The number of aromatic hydroxyl groups is 1. The summed E-state index contributed by atoms with van der Waals surface area (Å²) in [4.78, 5) is 8.09. The molecule has 0 fully saturated rings. The number of ether oxygens (including phenoxy) is 1. The van der Waals surface area contributed by atoms with Crippen molar-refractivity contribution in [3.8, 4) is 11.6 Å². The minimum Gasteiger partial charge on any atom is -0.508 e. The molecule has 0 aliphatic rings. The fraction of sp³-hybridized carbons (Fsp3) is 0.231. The zero-order chi connectivity index (χ0) is 12.8. The van der Waals surface area contributed by atoms with Crippen LogP contribution in [0.25, 0.3) is 0 Å². The van der Waals surface area contributed by atoms with Crippen LogP contribution in [0.2, 0.25) is 0 Å². The largest absolute Gasteiger partial charge is 0.508 e. The van der Waals surface area contributed by atoms with Gasteiger partial charge in [-0.3, -0.25) is 0 Å². The van der Waals surface area contributed by atoms with Gasteiger partial charge in [0, 0.05) is 12.6 Å². The van der Waals surface area contributed by atoms with E-state index in [1.165, 1.54) is 6.33 Å². The van der Waals surface area contributed by atoms with Crippen molar-refractivity contribution in [2.24, 2.45) is 0 Å². The number of aromatic nitrogens is 2. The maximum atomic E-state index is 9.18. The van der Waals surface area contributed by atoms with Crippen molar-refractivity contribution in [1.29, 1.82) is 0 Å². The first-order valence-corrected chi connectivity index (χ1v) is 5.74. The highest BCUT2D eigenvalue weighted by Crippen LogP contribution is 2.13. The van der Waals surface area contributed by atoms with E-state index in [0.717, 1.165) is 5.56 Å². The van der Waals surface area contributed by atoms with Crippen LogP contribution in [0.15, 0.2) is 36.7 Å². The van der Waals surface area contributed by atoms with Crippen LogP contribution in [0.1, 0.15) is 12.5 Å². The number of phenols is 1. The minimum atomic E-state index is 0.263. The van der Waals surface area contributed by atoms with Gasteiger partial charge in [-0.25, -0.2) is 9.97 Å². The number of hydrogen-bond donors (Lipinski definition) is 2. The number of benzene rings is 1. The molecule has 18 heavy (non-hydrogen) atoms. The second-order valence-electron chi connectivity index (χ2n) is 3.69. The summed E-state index contributed by atoms with van der Waals surface area (Å²) in [7, 11) is 0. The normalized spacial score (nSPS) is 10.1. The quantitative estimate of drug-likeness (QED) is 0.845. The summed E-state index contributed by atoms with van der Waals surface area (Å²) in [6.07, 6.45) is 1.46. The Morgan fingerprint density at radius 3 is 2.72 bits per heavy atom. The molecule has 0 atom stereocenters. The van der Waals surface area contributed by atoms with Gasteiger partial charge < -0.3 is 15.2 Å². The van der Waals surface area contributed by atoms with Crippen LogP contribution in [0.5, 0.6) is 11.6 Å². The maximum Gasteiger partial charge on any atom is 0.218 e. The molecule has 0 bridgehead atoms. The highest BCUT2D eigenvalue weighted by Gasteiger charge is 1.99. The lowest BCUT2D eigenvalue weighted by Gasteiger charge is -2.07. The number of rotatable bonds is 5. The summed E-state index contributed by atoms with van der Waals surface area (Å²) < 4.78 is 5.29. The van der Waals surface area contributed by atoms with Gasteiger partial charge in [-0.1, -0.05) is 12.1 Å². The predicted molar refractivity (Wildman–Crippen MR) is 68.6 cm³/mol. The third-order valence-corrected chi connectivity index (χ3v) is 2.34. The van der Waals surface area contributed by atoms with Crippen molar-refractivity contribution in [3.05, 3.63) is 42.2 Å². The summed E-state index contributed by atoms with van der Waals surface area (Å²) in [6.45, 7) is 3.11. The minimum absolute atomic E-state index is 0.263. The fourth-order valence-corrected chi connectivity index (χ4v) is 1.47. The average Bonchev–Trinajstić information content (AvgIpc) is 2.39. The molecule has 0 saturated heterocycles. The Balaban J connectivity index is 1.97. The van der Waals surface area contributed by atoms with Gasteiger partial charge in [-0.2, -0.15) is 0 Å². The van der Waals surface area contributed by atoms with Gasteiger partial charge in [0.15, 0.2) is 0 Å². The van der Waals surface area contributed by atoms with Crippen LogP contribution in [0, 0.1) is 0 Å². The van der Waals surface area contributed by atoms with Crippen LogP contribution in [0.3, 0.4) is 0 Å². The van der Waals surface area contributed by atoms with E-state index >= 15 is 0 Å². The molecular formula is C13H15N3O2. The molecule has 2 aromatic rings. The molecule has 0 saturated carbocycles. The summed E-state index contributed by atoms with van der Waals surface area (Å²) in [5.74, 6) is 1.53. The molecule has 0 spiro atoms. The number of nitrogens with zero attached hydrogens (tertiary/aromatic N) is 2. The lowest BCUT2D eigenvalue weighted by molar-refractivity contribution is 0.326. The molecule has 0 aliphatic carbocycles. The molecule has 0 amide bonds. The van der Waals surface area contributed by atoms with Crippen LogP contribution in [-0.2, 0) is 6.54 Å². The first-order chi connectivity index (χ1) is 8.78. The third kappa shape index (κ3) is 3.35. The number of nitrogens with one attached hydrogen (secondary N) is 1. The van der Waals surface area contributed by atoms with Gasteiger partial charge in [0.1, 0.15) is 17.9 Å². The Kier molecular flexibility index (Phi) is 3.96. The lowest BCUT2D eigenvalue weighted by atomic mass is 10.2. The van der Waals surface area contributed by atoms with E-state index in [2.05, 4.69) is 15.3 Å². The molecule has 2 N–H and O–H groups in total. The smallest absolute Gasteiger partial charge is 0.218 e. The first-order valence-electron chi connectivity index (χ1n) is 5.74. The zero-order valence-corrected chi connectivity index (χ0v) is 10.1. The number of phenolic OH excluding ortho intramolecular Hbond substituents is 1. The first kappa shape index (κ1) is 12.2. The Labute approximate surface area is 105 Å². The Hall–Kier alpha value is -2.30. The fourth-order valence-electron chi connectivity index (χ4n) is 1.47. The lowest BCUT2D eigenvalue weighted by Crippen LogP contribution is -2.02. The van der Waals surface area contributed by atoms with E-state index in [-0.39, 0.29) is 5.75 Å². The van der Waals surface area contributed by atoms with Crippen LogP contribution < -0.4 is 10.1 Å². The van der Waals surface area contributed by atoms with Crippen molar-refractivity contribution in [2.45, 2.75) is 13.5 Å². The van der Waals surface area contributed by atoms with Gasteiger partial charge in [0.2, 0.25) is 5.88 Å². The molecule has 2 rings (SSSR count). The molecule has 1 aromatic carbocycles. The van der Waals surface area contributed by atoms with Gasteiger partial charge in [-0.05, 0) is 24.6 Å². The Bertz CT molecular complexity index is 500. The highest BCUT2D eigenvalue weighted by atomic mass is 16.5. The third-order valence-electron chi connectivity index (χ3n) is 2.34. The van der Waals surface area contributed by atoms with Crippen LogP contribution in [0.4, 0.5) is 5.82 Å². The van der Waals surface area contributed by atoms with E-state index in [4.69, 9.17) is 4.74 Å².